The topological polar surface area (TPSA) is 54.4 Å². The van der Waals surface area contributed by atoms with Crippen LogP contribution in [0.15, 0.2) is 82.7 Å². The van der Waals surface area contributed by atoms with Crippen LogP contribution >= 0.6 is 23.4 Å². The van der Waals surface area contributed by atoms with Crippen LogP contribution in [0, 0.1) is 0 Å². The van der Waals surface area contributed by atoms with Gasteiger partial charge < -0.3 is 19.3 Å². The van der Waals surface area contributed by atoms with E-state index in [1.165, 1.54) is 17.4 Å². The van der Waals surface area contributed by atoms with Crippen LogP contribution in [0.2, 0.25) is 5.02 Å². The van der Waals surface area contributed by atoms with Crippen LogP contribution in [0.1, 0.15) is 18.1 Å². The molecule has 0 saturated carbocycles. The molecular weight excluding hydrogens is 506 g/mol. The first-order valence-electron chi connectivity index (χ1n) is 12.3. The van der Waals surface area contributed by atoms with Gasteiger partial charge in [-0.05, 0) is 60.7 Å². The van der Waals surface area contributed by atoms with E-state index < -0.39 is 0 Å². The van der Waals surface area contributed by atoms with Crippen molar-refractivity contribution in [1.29, 1.82) is 0 Å². The first kappa shape index (κ1) is 25.2. The van der Waals surface area contributed by atoms with Crippen LogP contribution in [0.25, 0.3) is 6.08 Å². The minimum absolute atomic E-state index is 0.206. The maximum Gasteiger partial charge on any atom is 0.286 e. The second kappa shape index (κ2) is 11.8. The summed E-state index contributed by atoms with van der Waals surface area (Å²) in [5.41, 5.74) is 2.99. The lowest BCUT2D eigenvalue weighted by Gasteiger charge is -2.36. The van der Waals surface area contributed by atoms with E-state index in [4.69, 9.17) is 21.1 Å². The van der Waals surface area contributed by atoms with Crippen molar-refractivity contribution >= 4 is 46.2 Å². The van der Waals surface area contributed by atoms with Crippen molar-refractivity contribution in [3.63, 3.8) is 0 Å². The average molecular weight is 534 g/mol. The number of anilines is 1. The highest BCUT2D eigenvalue weighted by Crippen LogP contribution is 2.34. The highest BCUT2D eigenvalue weighted by atomic mass is 35.5. The smallest absolute Gasteiger partial charge is 0.286 e. The number of carbonyl (C=O) groups is 1. The number of ether oxygens (including phenoxy) is 2. The van der Waals surface area contributed by atoms with Crippen molar-refractivity contribution in [2.75, 3.05) is 37.7 Å². The molecule has 3 aromatic carbocycles. The molecule has 0 spiro atoms. The summed E-state index contributed by atoms with van der Waals surface area (Å²) >= 11 is 7.69. The zero-order chi connectivity index (χ0) is 25.6. The molecular formula is C29H28ClN3O3S. The Bertz CT molecular complexity index is 1320. The molecule has 3 aromatic rings. The molecule has 2 aliphatic heterocycles. The minimum Gasteiger partial charge on any atom is -0.490 e. The van der Waals surface area contributed by atoms with Gasteiger partial charge in [0.25, 0.3) is 5.91 Å². The molecule has 5 rings (SSSR count). The first-order valence-corrected chi connectivity index (χ1v) is 13.5. The molecule has 8 heteroatoms. The number of nitrogens with zero attached hydrogens (tertiary/aromatic N) is 3. The number of thioether (sulfide) groups is 1. The lowest BCUT2D eigenvalue weighted by atomic mass is 10.2. The summed E-state index contributed by atoms with van der Waals surface area (Å²) in [6.45, 7) is 6.20. The SMILES string of the molecule is CCOc1cc(/C=C2\SC(N3CCN(c4ccccc4)CC3)=NC2=O)ccc1OCc1ccccc1Cl. The third-order valence-electron chi connectivity index (χ3n) is 6.19. The lowest BCUT2D eigenvalue weighted by Crippen LogP contribution is -2.47. The van der Waals surface area contributed by atoms with Crippen molar-refractivity contribution < 1.29 is 14.3 Å². The monoisotopic (exact) mass is 533 g/mol. The van der Waals surface area contributed by atoms with E-state index in [1.807, 2.05) is 61.5 Å². The number of carbonyl (C=O) groups excluding carboxylic acids is 1. The van der Waals surface area contributed by atoms with Gasteiger partial charge in [-0.1, -0.05) is 54.1 Å². The number of amidine groups is 1. The molecule has 1 saturated heterocycles. The largest absolute Gasteiger partial charge is 0.490 e. The highest BCUT2D eigenvalue weighted by molar-refractivity contribution is 8.18. The molecule has 2 aliphatic rings. The third kappa shape index (κ3) is 6.12. The van der Waals surface area contributed by atoms with Crippen molar-refractivity contribution in [3.05, 3.63) is 93.9 Å². The summed E-state index contributed by atoms with van der Waals surface area (Å²) in [7, 11) is 0. The molecule has 0 bridgehead atoms. The number of hydrogen-bond donors (Lipinski definition) is 0. The van der Waals surface area contributed by atoms with Gasteiger partial charge >= 0.3 is 0 Å². The van der Waals surface area contributed by atoms with Crippen LogP contribution in [0.3, 0.4) is 0 Å². The molecule has 6 nitrogen and oxygen atoms in total. The number of para-hydroxylation sites is 1. The summed E-state index contributed by atoms with van der Waals surface area (Å²) < 4.78 is 11.8. The normalized spacial score (nSPS) is 16.8. The van der Waals surface area contributed by atoms with Crippen molar-refractivity contribution in [1.82, 2.24) is 4.90 Å². The van der Waals surface area contributed by atoms with Gasteiger partial charge in [-0.15, -0.1) is 0 Å². The maximum atomic E-state index is 12.7. The van der Waals surface area contributed by atoms with E-state index in [9.17, 15) is 4.79 Å². The van der Waals surface area contributed by atoms with Crippen LogP contribution in [-0.2, 0) is 11.4 Å². The van der Waals surface area contributed by atoms with Crippen molar-refractivity contribution in [2.24, 2.45) is 4.99 Å². The van der Waals surface area contributed by atoms with Crippen LogP contribution in [0.4, 0.5) is 5.69 Å². The lowest BCUT2D eigenvalue weighted by molar-refractivity contribution is -0.113. The van der Waals surface area contributed by atoms with Gasteiger partial charge in [0.15, 0.2) is 16.7 Å². The Labute approximate surface area is 226 Å². The van der Waals surface area contributed by atoms with Crippen LogP contribution < -0.4 is 14.4 Å². The van der Waals surface area contributed by atoms with Crippen molar-refractivity contribution in [2.45, 2.75) is 13.5 Å². The standard InChI is InChI=1S/C29H28ClN3O3S/c1-2-35-26-18-21(12-13-25(26)36-20-22-8-6-7-11-24(22)30)19-27-28(34)31-29(37-27)33-16-14-32(15-17-33)23-9-4-3-5-10-23/h3-13,18-19H,2,14-17,20H2,1H3/b27-19-. The van der Waals surface area contributed by atoms with Gasteiger partial charge in [-0.3, -0.25) is 4.79 Å². The van der Waals surface area contributed by atoms with E-state index in [0.717, 1.165) is 42.5 Å². The molecule has 0 unspecified atom stereocenters. The molecule has 37 heavy (non-hydrogen) atoms. The fraction of sp³-hybridized carbons (Fsp3) is 0.241. The summed E-state index contributed by atoms with van der Waals surface area (Å²) in [4.78, 5) is 22.2. The number of rotatable bonds is 7. The summed E-state index contributed by atoms with van der Waals surface area (Å²) in [6, 6.07) is 23.7. The molecule has 1 amide bonds. The molecule has 0 aromatic heterocycles. The fourth-order valence-corrected chi connectivity index (χ4v) is 5.41. The quantitative estimate of drug-likeness (QED) is 0.341. The second-order valence-corrected chi connectivity index (χ2v) is 10.1. The van der Waals surface area contributed by atoms with Gasteiger partial charge in [-0.2, -0.15) is 4.99 Å². The Morgan fingerprint density at radius 1 is 0.919 bits per heavy atom. The number of benzene rings is 3. The third-order valence-corrected chi connectivity index (χ3v) is 7.60. The Kier molecular flexibility index (Phi) is 8.02. The van der Waals surface area contributed by atoms with Crippen LogP contribution in [-0.4, -0.2) is 48.8 Å². The summed E-state index contributed by atoms with van der Waals surface area (Å²) in [5, 5.41) is 1.43. The minimum atomic E-state index is -0.206. The Morgan fingerprint density at radius 2 is 1.65 bits per heavy atom. The predicted octanol–water partition coefficient (Wildman–Crippen LogP) is 6.11. The predicted molar refractivity (Wildman–Crippen MR) is 152 cm³/mol. The van der Waals surface area contributed by atoms with E-state index in [1.54, 1.807) is 0 Å². The van der Waals surface area contributed by atoms with E-state index >= 15 is 0 Å². The second-order valence-electron chi connectivity index (χ2n) is 8.64. The Morgan fingerprint density at radius 3 is 2.41 bits per heavy atom. The number of aliphatic imine (C=N–C) groups is 1. The number of hydrogen-bond acceptors (Lipinski definition) is 6. The summed E-state index contributed by atoms with van der Waals surface area (Å²) in [6.07, 6.45) is 1.87. The molecule has 0 atom stereocenters. The zero-order valence-electron chi connectivity index (χ0n) is 20.6. The Hall–Kier alpha value is -3.42. The van der Waals surface area contributed by atoms with Gasteiger partial charge in [0.2, 0.25) is 0 Å². The fourth-order valence-electron chi connectivity index (χ4n) is 4.25. The molecule has 0 radical (unpaired) electrons. The zero-order valence-corrected chi connectivity index (χ0v) is 22.2. The molecule has 0 aliphatic carbocycles. The van der Waals surface area contributed by atoms with E-state index in [2.05, 4.69) is 39.1 Å². The molecule has 0 N–H and O–H groups in total. The average Bonchev–Trinajstić information content (AvgIpc) is 3.29. The van der Waals surface area contributed by atoms with Gasteiger partial charge in [0.1, 0.15) is 6.61 Å². The molecule has 2 heterocycles. The Balaban J connectivity index is 1.24. The number of piperazine rings is 1. The van der Waals surface area contributed by atoms with Gasteiger partial charge in [0, 0.05) is 42.5 Å². The number of amides is 1. The number of halogens is 1. The molecule has 1 fully saturated rings. The van der Waals surface area contributed by atoms with E-state index in [-0.39, 0.29) is 5.91 Å². The van der Waals surface area contributed by atoms with Gasteiger partial charge in [0.05, 0.1) is 11.5 Å². The van der Waals surface area contributed by atoms with Crippen LogP contribution in [0.5, 0.6) is 11.5 Å². The first-order chi connectivity index (χ1) is 18.1. The molecule has 190 valence electrons. The highest BCUT2D eigenvalue weighted by Gasteiger charge is 2.28. The maximum absolute atomic E-state index is 12.7. The van der Waals surface area contributed by atoms with Gasteiger partial charge in [-0.25, -0.2) is 0 Å². The summed E-state index contributed by atoms with van der Waals surface area (Å²) in [5.74, 6) is 1.04. The van der Waals surface area contributed by atoms with Crippen molar-refractivity contribution in [3.8, 4) is 11.5 Å². The van der Waals surface area contributed by atoms with E-state index in [0.29, 0.717) is 34.6 Å².